The van der Waals surface area contributed by atoms with Crippen molar-refractivity contribution in [1.82, 2.24) is 15.1 Å². The SMILES string of the molecule is Cc1cc(C)n(CC(=O)NC(CN)C2CC2)n1. The summed E-state index contributed by atoms with van der Waals surface area (Å²) in [5, 5.41) is 7.26. The van der Waals surface area contributed by atoms with Crippen LogP contribution in [-0.4, -0.2) is 28.3 Å². The largest absolute Gasteiger partial charge is 0.350 e. The van der Waals surface area contributed by atoms with Gasteiger partial charge in [-0.15, -0.1) is 0 Å². The number of hydrogen-bond acceptors (Lipinski definition) is 3. The van der Waals surface area contributed by atoms with Crippen molar-refractivity contribution in [1.29, 1.82) is 0 Å². The van der Waals surface area contributed by atoms with Gasteiger partial charge in [-0.25, -0.2) is 0 Å². The van der Waals surface area contributed by atoms with Crippen LogP contribution in [0.5, 0.6) is 0 Å². The number of aromatic nitrogens is 2. The molecule has 1 amide bonds. The van der Waals surface area contributed by atoms with E-state index in [9.17, 15) is 4.79 Å². The van der Waals surface area contributed by atoms with Crippen LogP contribution in [0.4, 0.5) is 0 Å². The monoisotopic (exact) mass is 236 g/mol. The number of nitrogens with zero attached hydrogens (tertiary/aromatic N) is 2. The summed E-state index contributed by atoms with van der Waals surface area (Å²) in [6, 6.07) is 2.11. The molecule has 0 saturated heterocycles. The molecule has 5 heteroatoms. The van der Waals surface area contributed by atoms with Crippen molar-refractivity contribution in [2.24, 2.45) is 11.7 Å². The third kappa shape index (κ3) is 3.06. The minimum absolute atomic E-state index is 0.00134. The highest BCUT2D eigenvalue weighted by Crippen LogP contribution is 2.32. The molecule has 0 spiro atoms. The molecule has 5 nitrogen and oxygen atoms in total. The van der Waals surface area contributed by atoms with E-state index in [2.05, 4.69) is 10.4 Å². The van der Waals surface area contributed by atoms with E-state index in [1.165, 1.54) is 12.8 Å². The zero-order valence-electron chi connectivity index (χ0n) is 10.4. The van der Waals surface area contributed by atoms with Crippen molar-refractivity contribution >= 4 is 5.91 Å². The molecule has 17 heavy (non-hydrogen) atoms. The van der Waals surface area contributed by atoms with Crippen molar-refractivity contribution in [3.63, 3.8) is 0 Å². The summed E-state index contributed by atoms with van der Waals surface area (Å²) < 4.78 is 1.73. The highest BCUT2D eigenvalue weighted by Gasteiger charge is 2.31. The first-order chi connectivity index (χ1) is 8.10. The minimum Gasteiger partial charge on any atom is -0.350 e. The summed E-state index contributed by atoms with van der Waals surface area (Å²) in [5.74, 6) is 0.586. The Morgan fingerprint density at radius 2 is 2.35 bits per heavy atom. The van der Waals surface area contributed by atoms with Gasteiger partial charge in [0.05, 0.1) is 5.69 Å². The van der Waals surface area contributed by atoms with Gasteiger partial charge in [0.1, 0.15) is 6.54 Å². The van der Waals surface area contributed by atoms with E-state index < -0.39 is 0 Å². The molecule has 1 fully saturated rings. The lowest BCUT2D eigenvalue weighted by Crippen LogP contribution is -2.43. The molecule has 3 N–H and O–H groups in total. The van der Waals surface area contributed by atoms with E-state index in [0.717, 1.165) is 11.4 Å². The van der Waals surface area contributed by atoms with Gasteiger partial charge in [0, 0.05) is 18.3 Å². The second kappa shape index (κ2) is 4.87. The number of nitrogens with two attached hydrogens (primary N) is 1. The molecule has 94 valence electrons. The Balaban J connectivity index is 1.90. The summed E-state index contributed by atoms with van der Waals surface area (Å²) in [6.45, 7) is 4.68. The molecule has 1 aromatic rings. The zero-order chi connectivity index (χ0) is 12.4. The lowest BCUT2D eigenvalue weighted by Gasteiger charge is -2.16. The first kappa shape index (κ1) is 12.1. The molecule has 0 radical (unpaired) electrons. The van der Waals surface area contributed by atoms with Crippen LogP contribution in [0.1, 0.15) is 24.2 Å². The summed E-state index contributed by atoms with van der Waals surface area (Å²) in [6.07, 6.45) is 2.37. The van der Waals surface area contributed by atoms with Gasteiger partial charge >= 0.3 is 0 Å². The van der Waals surface area contributed by atoms with E-state index in [0.29, 0.717) is 12.5 Å². The van der Waals surface area contributed by atoms with Crippen molar-refractivity contribution in [2.45, 2.75) is 39.3 Å². The molecule has 1 aliphatic carbocycles. The molecule has 0 aliphatic heterocycles. The van der Waals surface area contributed by atoms with Crippen LogP contribution in [-0.2, 0) is 11.3 Å². The smallest absolute Gasteiger partial charge is 0.242 e. The number of amides is 1. The Hall–Kier alpha value is -1.36. The lowest BCUT2D eigenvalue weighted by atomic mass is 10.2. The number of carbonyl (C=O) groups is 1. The fourth-order valence-corrected chi connectivity index (χ4v) is 2.09. The first-order valence-electron chi connectivity index (χ1n) is 6.10. The van der Waals surface area contributed by atoms with Crippen molar-refractivity contribution < 1.29 is 4.79 Å². The number of carbonyl (C=O) groups excluding carboxylic acids is 1. The summed E-state index contributed by atoms with van der Waals surface area (Å²) >= 11 is 0. The quantitative estimate of drug-likeness (QED) is 0.775. The Labute approximate surface area is 101 Å². The predicted octanol–water partition coefficient (Wildman–Crippen LogP) is 0.353. The fraction of sp³-hybridized carbons (Fsp3) is 0.667. The standard InChI is InChI=1S/C12H20N4O/c1-8-5-9(2)16(15-8)7-12(17)14-11(6-13)10-3-4-10/h5,10-11H,3-4,6-7,13H2,1-2H3,(H,14,17). The van der Waals surface area contributed by atoms with Crippen LogP contribution in [0.15, 0.2) is 6.07 Å². The normalized spacial score (nSPS) is 16.9. The van der Waals surface area contributed by atoms with Crippen molar-refractivity contribution in [3.05, 3.63) is 17.5 Å². The van der Waals surface area contributed by atoms with E-state index in [-0.39, 0.29) is 18.5 Å². The van der Waals surface area contributed by atoms with Gasteiger partial charge < -0.3 is 11.1 Å². The molecule has 2 rings (SSSR count). The second-order valence-electron chi connectivity index (χ2n) is 4.83. The van der Waals surface area contributed by atoms with Gasteiger partial charge in [0.15, 0.2) is 0 Å². The van der Waals surface area contributed by atoms with Crippen LogP contribution >= 0.6 is 0 Å². The van der Waals surface area contributed by atoms with E-state index >= 15 is 0 Å². The second-order valence-corrected chi connectivity index (χ2v) is 4.83. The molecular formula is C12H20N4O. The van der Waals surface area contributed by atoms with Crippen molar-refractivity contribution in [3.8, 4) is 0 Å². The summed E-state index contributed by atoms with van der Waals surface area (Å²) in [7, 11) is 0. The van der Waals surface area contributed by atoms with Crippen LogP contribution in [0.3, 0.4) is 0 Å². The maximum atomic E-state index is 11.8. The molecule has 1 unspecified atom stereocenters. The van der Waals surface area contributed by atoms with Crippen LogP contribution in [0.25, 0.3) is 0 Å². The van der Waals surface area contributed by atoms with Gasteiger partial charge in [0.2, 0.25) is 5.91 Å². The van der Waals surface area contributed by atoms with Crippen LogP contribution in [0, 0.1) is 19.8 Å². The van der Waals surface area contributed by atoms with Gasteiger partial charge in [0.25, 0.3) is 0 Å². The Kier molecular flexibility index (Phi) is 3.47. The molecule has 0 aromatic carbocycles. The summed E-state index contributed by atoms with van der Waals surface area (Å²) in [5.41, 5.74) is 7.60. The van der Waals surface area contributed by atoms with Crippen LogP contribution in [0.2, 0.25) is 0 Å². The average Bonchev–Trinajstić information content (AvgIpc) is 3.04. The molecule has 1 saturated carbocycles. The van der Waals surface area contributed by atoms with Gasteiger partial charge in [-0.1, -0.05) is 0 Å². The number of aryl methyl sites for hydroxylation is 2. The van der Waals surface area contributed by atoms with E-state index in [1.54, 1.807) is 4.68 Å². The highest BCUT2D eigenvalue weighted by molar-refractivity contribution is 5.76. The molecule has 1 atom stereocenters. The maximum Gasteiger partial charge on any atom is 0.242 e. The fourth-order valence-electron chi connectivity index (χ4n) is 2.09. The van der Waals surface area contributed by atoms with Gasteiger partial charge in [-0.3, -0.25) is 9.48 Å². The topological polar surface area (TPSA) is 72.9 Å². The Morgan fingerprint density at radius 3 is 2.82 bits per heavy atom. The van der Waals surface area contributed by atoms with Gasteiger partial charge in [-0.05, 0) is 38.7 Å². The Bertz CT molecular complexity index is 409. The molecule has 1 aromatic heterocycles. The molecule has 0 bridgehead atoms. The molecule has 1 aliphatic rings. The van der Waals surface area contributed by atoms with Gasteiger partial charge in [-0.2, -0.15) is 5.10 Å². The number of hydrogen-bond donors (Lipinski definition) is 2. The van der Waals surface area contributed by atoms with Crippen molar-refractivity contribution in [2.75, 3.05) is 6.54 Å². The third-order valence-corrected chi connectivity index (χ3v) is 3.19. The van der Waals surface area contributed by atoms with Crippen LogP contribution < -0.4 is 11.1 Å². The molecule has 1 heterocycles. The average molecular weight is 236 g/mol. The number of nitrogens with one attached hydrogen (secondary N) is 1. The first-order valence-corrected chi connectivity index (χ1v) is 6.10. The van der Waals surface area contributed by atoms with E-state index in [1.807, 2.05) is 19.9 Å². The maximum absolute atomic E-state index is 11.8. The highest BCUT2D eigenvalue weighted by atomic mass is 16.2. The van der Waals surface area contributed by atoms with E-state index in [4.69, 9.17) is 5.73 Å². The lowest BCUT2D eigenvalue weighted by molar-refractivity contribution is -0.122. The minimum atomic E-state index is -0.00134. The third-order valence-electron chi connectivity index (χ3n) is 3.19. The summed E-state index contributed by atoms with van der Waals surface area (Å²) in [4.78, 5) is 11.8. The zero-order valence-corrected chi connectivity index (χ0v) is 10.4. The molecular weight excluding hydrogens is 216 g/mol. The predicted molar refractivity (Wildman–Crippen MR) is 65.4 cm³/mol. The number of rotatable bonds is 5. The Morgan fingerprint density at radius 1 is 1.65 bits per heavy atom.